The molecule has 2 rings (SSSR count). The summed E-state index contributed by atoms with van der Waals surface area (Å²) >= 11 is 0. The molecule has 1 unspecified atom stereocenters. The number of halogens is 1. The van der Waals surface area contributed by atoms with Gasteiger partial charge in [-0.3, -0.25) is 0 Å². The number of methoxy groups -OCH3 is 1. The fourth-order valence-corrected chi connectivity index (χ4v) is 1.98. The van der Waals surface area contributed by atoms with Gasteiger partial charge in [0.25, 0.3) is 0 Å². The summed E-state index contributed by atoms with van der Waals surface area (Å²) in [4.78, 5) is 0. The van der Waals surface area contributed by atoms with Crippen LogP contribution in [0.15, 0.2) is 24.3 Å². The molecule has 1 atom stereocenters. The maximum absolute atomic E-state index is 14.2. The van der Waals surface area contributed by atoms with Crippen LogP contribution in [-0.4, -0.2) is 17.3 Å². The molecule has 19 heavy (non-hydrogen) atoms. The molecule has 1 aromatic heterocycles. The Labute approximate surface area is 111 Å². The average Bonchev–Trinajstić information content (AvgIpc) is 2.41. The highest BCUT2D eigenvalue weighted by Crippen LogP contribution is 2.28. The third-order valence-corrected chi connectivity index (χ3v) is 3.02. The van der Waals surface area contributed by atoms with Crippen molar-refractivity contribution >= 4 is 0 Å². The van der Waals surface area contributed by atoms with E-state index in [0.29, 0.717) is 11.3 Å². The zero-order chi connectivity index (χ0) is 14.0. The number of hydrogen-bond donors (Lipinski definition) is 1. The molecule has 1 heterocycles. The quantitative estimate of drug-likeness (QED) is 0.920. The molecule has 4 nitrogen and oxygen atoms in total. The van der Waals surface area contributed by atoms with E-state index in [1.54, 1.807) is 25.1 Å². The molecule has 0 saturated carbocycles. The minimum absolute atomic E-state index is 0.185. The summed E-state index contributed by atoms with van der Waals surface area (Å²) in [6.45, 7) is 3.63. The van der Waals surface area contributed by atoms with Gasteiger partial charge in [-0.05, 0) is 31.5 Å². The summed E-state index contributed by atoms with van der Waals surface area (Å²) in [7, 11) is 1.43. The molecule has 5 heteroatoms. The van der Waals surface area contributed by atoms with E-state index in [2.05, 4.69) is 10.2 Å². The lowest BCUT2D eigenvalue weighted by atomic mass is 9.97. The van der Waals surface area contributed by atoms with Crippen LogP contribution in [0.5, 0.6) is 5.75 Å². The van der Waals surface area contributed by atoms with Crippen molar-refractivity contribution < 1.29 is 9.13 Å². The van der Waals surface area contributed by atoms with Gasteiger partial charge >= 0.3 is 0 Å². The van der Waals surface area contributed by atoms with Crippen LogP contribution in [-0.2, 0) is 0 Å². The number of ether oxygens (including phenoxy) is 1. The first-order chi connectivity index (χ1) is 9.04. The second-order valence-corrected chi connectivity index (χ2v) is 4.37. The van der Waals surface area contributed by atoms with Crippen molar-refractivity contribution in [3.05, 3.63) is 52.6 Å². The zero-order valence-corrected chi connectivity index (χ0v) is 11.1. The van der Waals surface area contributed by atoms with E-state index >= 15 is 0 Å². The van der Waals surface area contributed by atoms with Crippen LogP contribution in [0.4, 0.5) is 4.39 Å². The van der Waals surface area contributed by atoms with Gasteiger partial charge in [0.15, 0.2) is 11.6 Å². The first kappa shape index (κ1) is 13.4. The Morgan fingerprint density at radius 2 is 1.95 bits per heavy atom. The monoisotopic (exact) mass is 261 g/mol. The third kappa shape index (κ3) is 2.56. The van der Waals surface area contributed by atoms with E-state index in [4.69, 9.17) is 10.5 Å². The van der Waals surface area contributed by atoms with Crippen molar-refractivity contribution in [2.24, 2.45) is 5.73 Å². The van der Waals surface area contributed by atoms with Crippen LogP contribution in [0.1, 0.15) is 28.6 Å². The minimum atomic E-state index is -0.593. The summed E-state index contributed by atoms with van der Waals surface area (Å²) in [5.74, 6) is -0.254. The van der Waals surface area contributed by atoms with Crippen molar-refractivity contribution in [3.8, 4) is 5.75 Å². The lowest BCUT2D eigenvalue weighted by Gasteiger charge is -2.16. The molecule has 0 saturated heterocycles. The Morgan fingerprint density at radius 3 is 2.63 bits per heavy atom. The molecular weight excluding hydrogens is 245 g/mol. The predicted molar refractivity (Wildman–Crippen MR) is 70.5 cm³/mol. The molecule has 100 valence electrons. The highest BCUT2D eigenvalue weighted by molar-refractivity contribution is 5.39. The van der Waals surface area contributed by atoms with Crippen LogP contribution in [0.2, 0.25) is 0 Å². The summed E-state index contributed by atoms with van der Waals surface area (Å²) in [6, 6.07) is 6.16. The van der Waals surface area contributed by atoms with Crippen molar-refractivity contribution in [1.82, 2.24) is 10.2 Å². The third-order valence-electron chi connectivity index (χ3n) is 3.02. The van der Waals surface area contributed by atoms with Crippen LogP contribution in [0, 0.1) is 19.7 Å². The number of aromatic nitrogens is 2. The van der Waals surface area contributed by atoms with E-state index < -0.39 is 11.9 Å². The van der Waals surface area contributed by atoms with E-state index in [-0.39, 0.29) is 5.75 Å². The molecule has 0 spiro atoms. The van der Waals surface area contributed by atoms with Crippen molar-refractivity contribution in [1.29, 1.82) is 0 Å². The van der Waals surface area contributed by atoms with Gasteiger partial charge in [-0.25, -0.2) is 4.39 Å². The largest absolute Gasteiger partial charge is 0.494 e. The lowest BCUT2D eigenvalue weighted by Crippen LogP contribution is -2.16. The molecule has 2 N–H and O–H groups in total. The van der Waals surface area contributed by atoms with E-state index in [1.807, 2.05) is 13.0 Å². The van der Waals surface area contributed by atoms with Crippen molar-refractivity contribution in [2.75, 3.05) is 7.11 Å². The molecule has 2 aromatic rings. The number of hydrogen-bond acceptors (Lipinski definition) is 4. The first-order valence-corrected chi connectivity index (χ1v) is 5.93. The Kier molecular flexibility index (Phi) is 3.76. The van der Waals surface area contributed by atoms with Crippen molar-refractivity contribution in [3.63, 3.8) is 0 Å². The zero-order valence-electron chi connectivity index (χ0n) is 11.1. The highest BCUT2D eigenvalue weighted by Gasteiger charge is 2.19. The Hall–Kier alpha value is -2.01. The molecule has 0 aliphatic heterocycles. The van der Waals surface area contributed by atoms with Gasteiger partial charge in [0.2, 0.25) is 0 Å². The highest BCUT2D eigenvalue weighted by atomic mass is 19.1. The lowest BCUT2D eigenvalue weighted by molar-refractivity contribution is 0.383. The molecule has 1 aromatic carbocycles. The van der Waals surface area contributed by atoms with Crippen LogP contribution in [0.3, 0.4) is 0 Å². The summed E-state index contributed by atoms with van der Waals surface area (Å²) < 4.78 is 19.2. The van der Waals surface area contributed by atoms with Gasteiger partial charge in [0.1, 0.15) is 0 Å². The van der Waals surface area contributed by atoms with E-state index in [0.717, 1.165) is 11.3 Å². The SMILES string of the molecule is COc1cccc(C(N)c2cc(C)nnc2C)c1F. The van der Waals surface area contributed by atoms with Gasteiger partial charge < -0.3 is 10.5 Å². The van der Waals surface area contributed by atoms with E-state index in [1.165, 1.54) is 7.11 Å². The molecule has 0 aliphatic rings. The Balaban J connectivity index is 2.50. The summed E-state index contributed by atoms with van der Waals surface area (Å²) in [5, 5.41) is 7.96. The van der Waals surface area contributed by atoms with Gasteiger partial charge in [-0.2, -0.15) is 10.2 Å². The predicted octanol–water partition coefficient (Wildman–Crippen LogP) is 2.29. The standard InChI is InChI=1S/C14H16FN3O/c1-8-7-11(9(2)18-17-8)14(16)10-5-4-6-12(19-3)13(10)15/h4-7,14H,16H2,1-3H3. The number of benzene rings is 1. The van der Waals surface area contributed by atoms with Crippen LogP contribution in [0.25, 0.3) is 0 Å². The summed E-state index contributed by atoms with van der Waals surface area (Å²) in [6.07, 6.45) is 0. The van der Waals surface area contributed by atoms with Gasteiger partial charge in [-0.1, -0.05) is 12.1 Å². The molecule has 0 amide bonds. The molecule has 0 bridgehead atoms. The summed E-state index contributed by atoms with van der Waals surface area (Å²) in [5.41, 5.74) is 8.74. The molecule has 0 radical (unpaired) electrons. The second kappa shape index (κ2) is 5.32. The fourth-order valence-electron chi connectivity index (χ4n) is 1.98. The average molecular weight is 261 g/mol. The molecule has 0 fully saturated rings. The normalized spacial score (nSPS) is 12.3. The number of aryl methyl sites for hydroxylation is 2. The minimum Gasteiger partial charge on any atom is -0.494 e. The Bertz CT molecular complexity index is 601. The second-order valence-electron chi connectivity index (χ2n) is 4.37. The van der Waals surface area contributed by atoms with Gasteiger partial charge in [0, 0.05) is 5.56 Å². The number of nitrogens with zero attached hydrogens (tertiary/aromatic N) is 2. The van der Waals surface area contributed by atoms with Crippen LogP contribution < -0.4 is 10.5 Å². The Morgan fingerprint density at radius 1 is 1.21 bits per heavy atom. The van der Waals surface area contributed by atoms with Crippen LogP contribution >= 0.6 is 0 Å². The fraction of sp³-hybridized carbons (Fsp3) is 0.286. The van der Waals surface area contributed by atoms with Gasteiger partial charge in [0.05, 0.1) is 24.5 Å². The molecular formula is C14H16FN3O. The molecule has 0 aliphatic carbocycles. The topological polar surface area (TPSA) is 61.0 Å². The van der Waals surface area contributed by atoms with E-state index in [9.17, 15) is 4.39 Å². The number of rotatable bonds is 3. The maximum Gasteiger partial charge on any atom is 0.170 e. The maximum atomic E-state index is 14.2. The van der Waals surface area contributed by atoms with Crippen molar-refractivity contribution in [2.45, 2.75) is 19.9 Å². The number of nitrogens with two attached hydrogens (primary N) is 1. The smallest absolute Gasteiger partial charge is 0.170 e. The van der Waals surface area contributed by atoms with Gasteiger partial charge in [-0.15, -0.1) is 0 Å². The first-order valence-electron chi connectivity index (χ1n) is 5.93.